The summed E-state index contributed by atoms with van der Waals surface area (Å²) in [6.45, 7) is 6.39. The Morgan fingerprint density at radius 2 is 1.89 bits per heavy atom. The average Bonchev–Trinajstić information content (AvgIpc) is 2.39. The Balaban J connectivity index is 2.48. The first kappa shape index (κ1) is 15.9. The first-order chi connectivity index (χ1) is 9.04. The number of Topliss-reactive ketones (excluding diaryl/α,β-unsaturated/α-hetero) is 1. The number of likely N-dealkylation sites (N-methyl/N-ethyl adjacent to an activating group) is 1. The van der Waals surface area contributed by atoms with E-state index in [2.05, 4.69) is 13.8 Å². The second-order valence-corrected chi connectivity index (χ2v) is 5.28. The maximum absolute atomic E-state index is 12.1. The van der Waals surface area contributed by atoms with Gasteiger partial charge in [-0.2, -0.15) is 0 Å². The number of ketones is 1. The predicted molar refractivity (Wildman–Crippen MR) is 78.9 cm³/mol. The van der Waals surface area contributed by atoms with E-state index >= 15 is 0 Å². The van der Waals surface area contributed by atoms with Gasteiger partial charge < -0.3 is 4.74 Å². The molecule has 0 aliphatic rings. The van der Waals surface area contributed by atoms with Crippen molar-refractivity contribution < 1.29 is 9.53 Å². The maximum atomic E-state index is 12.1. The number of carbonyl (C=O) groups is 1. The van der Waals surface area contributed by atoms with Gasteiger partial charge in [0.1, 0.15) is 0 Å². The number of methoxy groups -OCH3 is 1. The summed E-state index contributed by atoms with van der Waals surface area (Å²) >= 11 is 0. The van der Waals surface area contributed by atoms with Crippen LogP contribution in [0.5, 0.6) is 0 Å². The van der Waals surface area contributed by atoms with Crippen LogP contribution in [0.4, 0.5) is 0 Å². The van der Waals surface area contributed by atoms with E-state index in [1.807, 2.05) is 36.2 Å². The van der Waals surface area contributed by atoms with Gasteiger partial charge in [0.2, 0.25) is 0 Å². The molecule has 3 nitrogen and oxygen atoms in total. The predicted octanol–water partition coefficient (Wildman–Crippen LogP) is 2.96. The van der Waals surface area contributed by atoms with Crippen molar-refractivity contribution in [2.45, 2.75) is 26.2 Å². The van der Waals surface area contributed by atoms with Crippen LogP contribution in [0.2, 0.25) is 0 Å². The summed E-state index contributed by atoms with van der Waals surface area (Å²) in [5, 5.41) is 0. The fraction of sp³-hybridized carbons (Fsp3) is 0.562. The third-order valence-electron chi connectivity index (χ3n) is 3.20. The van der Waals surface area contributed by atoms with Crippen molar-refractivity contribution in [1.82, 2.24) is 4.90 Å². The van der Waals surface area contributed by atoms with Gasteiger partial charge in [-0.25, -0.2) is 0 Å². The van der Waals surface area contributed by atoms with Gasteiger partial charge in [-0.05, 0) is 24.9 Å². The van der Waals surface area contributed by atoms with Crippen LogP contribution in [0.15, 0.2) is 24.3 Å². The summed E-state index contributed by atoms with van der Waals surface area (Å²) in [4.78, 5) is 14.1. The molecule has 0 saturated carbocycles. The molecule has 1 aromatic carbocycles. The van der Waals surface area contributed by atoms with Crippen molar-refractivity contribution in [1.29, 1.82) is 0 Å². The first-order valence-electron chi connectivity index (χ1n) is 6.85. The number of hydrogen-bond acceptors (Lipinski definition) is 3. The Morgan fingerprint density at radius 1 is 1.26 bits per heavy atom. The largest absolute Gasteiger partial charge is 0.385 e. The van der Waals surface area contributed by atoms with Gasteiger partial charge in [-0.15, -0.1) is 0 Å². The number of ether oxygens (including phenoxy) is 1. The smallest absolute Gasteiger partial charge is 0.176 e. The topological polar surface area (TPSA) is 29.5 Å². The summed E-state index contributed by atoms with van der Waals surface area (Å²) < 4.78 is 5.01. The van der Waals surface area contributed by atoms with Gasteiger partial charge in [-0.3, -0.25) is 9.69 Å². The number of rotatable bonds is 8. The lowest BCUT2D eigenvalue weighted by molar-refractivity contribution is 0.0938. The molecule has 0 spiro atoms. The molecule has 0 atom stereocenters. The highest BCUT2D eigenvalue weighted by atomic mass is 16.5. The molecule has 1 aromatic rings. The van der Waals surface area contributed by atoms with E-state index in [1.54, 1.807) is 7.11 Å². The number of hydrogen-bond donors (Lipinski definition) is 0. The van der Waals surface area contributed by atoms with Crippen molar-refractivity contribution in [3.05, 3.63) is 35.4 Å². The standard InChI is InChI=1S/C16H25NO2/c1-13(2)14-6-8-15(9-7-14)16(18)12-17(3)10-5-11-19-4/h6-9,13H,5,10-12H2,1-4H3. The van der Waals surface area contributed by atoms with Crippen LogP contribution in [-0.2, 0) is 4.74 Å². The van der Waals surface area contributed by atoms with Crippen LogP contribution in [0.3, 0.4) is 0 Å². The summed E-state index contributed by atoms with van der Waals surface area (Å²) in [5.41, 5.74) is 2.06. The van der Waals surface area contributed by atoms with E-state index in [1.165, 1.54) is 5.56 Å². The molecule has 0 N–H and O–H groups in total. The minimum Gasteiger partial charge on any atom is -0.385 e. The summed E-state index contributed by atoms with van der Waals surface area (Å²) in [7, 11) is 3.66. The van der Waals surface area contributed by atoms with Crippen LogP contribution in [0.1, 0.15) is 42.1 Å². The molecule has 0 heterocycles. The Kier molecular flexibility index (Phi) is 6.74. The van der Waals surface area contributed by atoms with Gasteiger partial charge in [0.15, 0.2) is 5.78 Å². The molecule has 3 heteroatoms. The van der Waals surface area contributed by atoms with Gasteiger partial charge in [0, 0.05) is 25.8 Å². The molecule has 0 unspecified atom stereocenters. The van der Waals surface area contributed by atoms with Crippen molar-refractivity contribution in [3.63, 3.8) is 0 Å². The molecule has 0 aliphatic carbocycles. The van der Waals surface area contributed by atoms with Crippen LogP contribution in [-0.4, -0.2) is 44.5 Å². The molecule has 0 radical (unpaired) electrons. The quantitative estimate of drug-likeness (QED) is 0.533. The van der Waals surface area contributed by atoms with E-state index in [0.29, 0.717) is 12.5 Å². The highest BCUT2D eigenvalue weighted by molar-refractivity contribution is 5.97. The monoisotopic (exact) mass is 263 g/mol. The van der Waals surface area contributed by atoms with E-state index in [0.717, 1.165) is 25.1 Å². The van der Waals surface area contributed by atoms with Crippen LogP contribution >= 0.6 is 0 Å². The normalized spacial score (nSPS) is 11.3. The fourth-order valence-electron chi connectivity index (χ4n) is 1.95. The molecular formula is C16H25NO2. The zero-order chi connectivity index (χ0) is 14.3. The molecule has 0 saturated heterocycles. The molecule has 0 amide bonds. The van der Waals surface area contributed by atoms with E-state index in [9.17, 15) is 4.79 Å². The van der Waals surface area contributed by atoms with E-state index < -0.39 is 0 Å². The van der Waals surface area contributed by atoms with Crippen LogP contribution < -0.4 is 0 Å². The minimum atomic E-state index is 0.176. The molecule has 0 aliphatic heterocycles. The maximum Gasteiger partial charge on any atom is 0.176 e. The SMILES string of the molecule is COCCCN(C)CC(=O)c1ccc(C(C)C)cc1. The Hall–Kier alpha value is -1.19. The minimum absolute atomic E-state index is 0.176. The van der Waals surface area contributed by atoms with Crippen molar-refractivity contribution in [3.8, 4) is 0 Å². The lowest BCUT2D eigenvalue weighted by atomic mass is 10.0. The Bertz CT molecular complexity index is 384. The van der Waals surface area contributed by atoms with Gasteiger partial charge in [-0.1, -0.05) is 38.1 Å². The Labute approximate surface area is 116 Å². The average molecular weight is 263 g/mol. The van der Waals surface area contributed by atoms with Crippen LogP contribution in [0, 0.1) is 0 Å². The van der Waals surface area contributed by atoms with Crippen molar-refractivity contribution in [2.75, 3.05) is 33.9 Å². The molecule has 19 heavy (non-hydrogen) atoms. The van der Waals surface area contributed by atoms with Gasteiger partial charge in [0.05, 0.1) is 6.54 Å². The lowest BCUT2D eigenvalue weighted by Gasteiger charge is -2.15. The zero-order valence-electron chi connectivity index (χ0n) is 12.5. The van der Waals surface area contributed by atoms with Crippen LogP contribution in [0.25, 0.3) is 0 Å². The summed E-state index contributed by atoms with van der Waals surface area (Å²) in [6.07, 6.45) is 0.951. The molecular weight excluding hydrogens is 238 g/mol. The van der Waals surface area contributed by atoms with Gasteiger partial charge >= 0.3 is 0 Å². The fourth-order valence-corrected chi connectivity index (χ4v) is 1.95. The molecule has 0 aromatic heterocycles. The molecule has 106 valence electrons. The van der Waals surface area contributed by atoms with Gasteiger partial charge in [0.25, 0.3) is 0 Å². The van der Waals surface area contributed by atoms with E-state index in [-0.39, 0.29) is 5.78 Å². The van der Waals surface area contributed by atoms with Crippen molar-refractivity contribution in [2.24, 2.45) is 0 Å². The summed E-state index contributed by atoms with van der Waals surface area (Å²) in [5.74, 6) is 0.677. The highest BCUT2D eigenvalue weighted by Crippen LogP contribution is 2.15. The zero-order valence-corrected chi connectivity index (χ0v) is 12.5. The van der Waals surface area contributed by atoms with E-state index in [4.69, 9.17) is 4.74 Å². The molecule has 0 fully saturated rings. The number of nitrogens with zero attached hydrogens (tertiary/aromatic N) is 1. The first-order valence-corrected chi connectivity index (χ1v) is 6.85. The van der Waals surface area contributed by atoms with Crippen molar-refractivity contribution >= 4 is 5.78 Å². The lowest BCUT2D eigenvalue weighted by Crippen LogP contribution is -2.27. The third kappa shape index (κ3) is 5.53. The highest BCUT2D eigenvalue weighted by Gasteiger charge is 2.09. The third-order valence-corrected chi connectivity index (χ3v) is 3.20. The summed E-state index contributed by atoms with van der Waals surface area (Å²) in [6, 6.07) is 7.95. The number of carbonyl (C=O) groups excluding carboxylic acids is 1. The second kappa shape index (κ2) is 8.08. The molecule has 1 rings (SSSR count). The Morgan fingerprint density at radius 3 is 2.42 bits per heavy atom. The second-order valence-electron chi connectivity index (χ2n) is 5.28. The molecule has 0 bridgehead atoms. The number of benzene rings is 1.